The molecule has 1 aromatic carbocycles. The summed E-state index contributed by atoms with van der Waals surface area (Å²) in [6.07, 6.45) is 4.61. The van der Waals surface area contributed by atoms with Gasteiger partial charge in [-0.15, -0.1) is 0 Å². The topological polar surface area (TPSA) is 20.2 Å². The normalized spacial score (nSPS) is 18.4. The lowest BCUT2D eigenvalue weighted by Crippen LogP contribution is -2.36. The first-order valence-corrected chi connectivity index (χ1v) is 7.56. The zero-order valence-corrected chi connectivity index (χ0v) is 13.1. The van der Waals surface area contributed by atoms with Crippen LogP contribution in [0, 0.1) is 0 Å². The van der Waals surface area contributed by atoms with Gasteiger partial charge in [-0.05, 0) is 49.7 Å². The predicted molar refractivity (Wildman–Crippen MR) is 81.6 cm³/mol. The highest BCUT2D eigenvalue weighted by molar-refractivity contribution is 5.40. The summed E-state index contributed by atoms with van der Waals surface area (Å²) in [7, 11) is 0. The molecule has 1 fully saturated rings. The molecule has 1 aromatic rings. The molecule has 0 atom stereocenters. The van der Waals surface area contributed by atoms with Crippen molar-refractivity contribution in [2.45, 2.75) is 76.7 Å². The van der Waals surface area contributed by atoms with E-state index in [1.165, 1.54) is 24.0 Å². The second-order valence-corrected chi connectivity index (χ2v) is 7.36. The number of hydrogen-bond acceptors (Lipinski definition) is 1. The summed E-state index contributed by atoms with van der Waals surface area (Å²) >= 11 is 0. The van der Waals surface area contributed by atoms with Gasteiger partial charge in [0.2, 0.25) is 0 Å². The molecule has 106 valence electrons. The van der Waals surface area contributed by atoms with Crippen LogP contribution in [0.1, 0.15) is 71.4 Å². The molecular formula is C18H28O. The van der Waals surface area contributed by atoms with Gasteiger partial charge in [0.25, 0.3) is 0 Å². The molecule has 0 aromatic heterocycles. The molecule has 1 aliphatic rings. The van der Waals surface area contributed by atoms with E-state index >= 15 is 0 Å². The highest BCUT2D eigenvalue weighted by atomic mass is 16.3. The van der Waals surface area contributed by atoms with Crippen LogP contribution >= 0.6 is 0 Å². The largest absolute Gasteiger partial charge is 0.390 e. The lowest BCUT2D eigenvalue weighted by molar-refractivity contribution is 0.0380. The van der Waals surface area contributed by atoms with Crippen LogP contribution < -0.4 is 0 Å². The Morgan fingerprint density at radius 3 is 2.26 bits per heavy atom. The first-order chi connectivity index (χ1) is 8.73. The van der Waals surface area contributed by atoms with Crippen molar-refractivity contribution >= 4 is 0 Å². The van der Waals surface area contributed by atoms with Crippen molar-refractivity contribution in [3.05, 3.63) is 35.4 Å². The molecule has 0 unspecified atom stereocenters. The zero-order valence-electron chi connectivity index (χ0n) is 13.1. The van der Waals surface area contributed by atoms with Crippen molar-refractivity contribution in [1.29, 1.82) is 0 Å². The van der Waals surface area contributed by atoms with Crippen LogP contribution in [0.4, 0.5) is 0 Å². The molecule has 2 rings (SSSR count). The van der Waals surface area contributed by atoms with Crippen LogP contribution in [0.5, 0.6) is 0 Å². The Balaban J connectivity index is 2.36. The average molecular weight is 260 g/mol. The van der Waals surface area contributed by atoms with Crippen molar-refractivity contribution in [3.63, 3.8) is 0 Å². The molecule has 1 aliphatic carbocycles. The number of hydrogen-bond donors (Lipinski definition) is 1. The number of benzene rings is 1. The molecule has 1 N–H and O–H groups in total. The SMILES string of the molecule is CCCC(C)(C)c1cccc(C2(C(C)(C)O)CC2)c1. The molecule has 0 amide bonds. The first-order valence-electron chi connectivity index (χ1n) is 7.56. The quantitative estimate of drug-likeness (QED) is 0.822. The van der Waals surface area contributed by atoms with E-state index in [4.69, 9.17) is 0 Å². The van der Waals surface area contributed by atoms with Gasteiger partial charge in [-0.1, -0.05) is 51.5 Å². The number of rotatable bonds is 5. The van der Waals surface area contributed by atoms with Gasteiger partial charge in [0.05, 0.1) is 5.60 Å². The van der Waals surface area contributed by atoms with Crippen LogP contribution in [0.2, 0.25) is 0 Å². The Labute approximate surface area is 118 Å². The maximum absolute atomic E-state index is 10.5. The Morgan fingerprint density at radius 2 is 1.79 bits per heavy atom. The van der Waals surface area contributed by atoms with E-state index in [-0.39, 0.29) is 10.8 Å². The summed E-state index contributed by atoms with van der Waals surface area (Å²) in [5.74, 6) is 0. The second kappa shape index (κ2) is 4.63. The maximum atomic E-state index is 10.5. The van der Waals surface area contributed by atoms with Gasteiger partial charge in [-0.2, -0.15) is 0 Å². The van der Waals surface area contributed by atoms with Crippen LogP contribution in [-0.4, -0.2) is 10.7 Å². The highest BCUT2D eigenvalue weighted by Gasteiger charge is 2.54. The summed E-state index contributed by atoms with van der Waals surface area (Å²) in [4.78, 5) is 0. The molecule has 0 spiro atoms. The van der Waals surface area contributed by atoms with E-state index in [0.29, 0.717) is 0 Å². The summed E-state index contributed by atoms with van der Waals surface area (Å²) in [5, 5.41) is 10.5. The van der Waals surface area contributed by atoms with Gasteiger partial charge in [-0.3, -0.25) is 0 Å². The van der Waals surface area contributed by atoms with E-state index in [1.807, 2.05) is 13.8 Å². The molecule has 0 saturated heterocycles. The fraction of sp³-hybridized carbons (Fsp3) is 0.667. The van der Waals surface area contributed by atoms with Crippen molar-refractivity contribution < 1.29 is 5.11 Å². The standard InChI is InChI=1S/C18H28O/c1-6-10-16(2,3)14-8-7-9-15(13-14)18(11-12-18)17(4,5)19/h7-9,13,19H,6,10-12H2,1-5H3. The third-order valence-corrected chi connectivity index (χ3v) is 4.99. The Bertz CT molecular complexity index is 447. The monoisotopic (exact) mass is 260 g/mol. The van der Waals surface area contributed by atoms with Gasteiger partial charge >= 0.3 is 0 Å². The lowest BCUT2D eigenvalue weighted by atomic mass is 9.76. The van der Waals surface area contributed by atoms with E-state index in [0.717, 1.165) is 12.8 Å². The number of aliphatic hydroxyl groups is 1. The molecule has 1 heteroatoms. The van der Waals surface area contributed by atoms with E-state index in [9.17, 15) is 5.11 Å². The Hall–Kier alpha value is -0.820. The van der Waals surface area contributed by atoms with Gasteiger partial charge in [0, 0.05) is 5.41 Å². The summed E-state index contributed by atoms with van der Waals surface area (Å²) in [5.41, 5.74) is 2.32. The van der Waals surface area contributed by atoms with Crippen LogP contribution in [-0.2, 0) is 10.8 Å². The fourth-order valence-corrected chi connectivity index (χ4v) is 3.39. The van der Waals surface area contributed by atoms with Crippen molar-refractivity contribution in [1.82, 2.24) is 0 Å². The second-order valence-electron chi connectivity index (χ2n) is 7.36. The zero-order chi connectivity index (χ0) is 14.3. The van der Waals surface area contributed by atoms with Gasteiger partial charge in [0.15, 0.2) is 0 Å². The third kappa shape index (κ3) is 2.58. The third-order valence-electron chi connectivity index (χ3n) is 4.99. The van der Waals surface area contributed by atoms with Crippen molar-refractivity contribution in [2.75, 3.05) is 0 Å². The van der Waals surface area contributed by atoms with Gasteiger partial charge < -0.3 is 5.11 Å². The van der Waals surface area contributed by atoms with Crippen LogP contribution in [0.25, 0.3) is 0 Å². The van der Waals surface area contributed by atoms with Crippen LogP contribution in [0.15, 0.2) is 24.3 Å². The fourth-order valence-electron chi connectivity index (χ4n) is 3.39. The van der Waals surface area contributed by atoms with Gasteiger partial charge in [-0.25, -0.2) is 0 Å². The van der Waals surface area contributed by atoms with Crippen molar-refractivity contribution in [2.24, 2.45) is 0 Å². The van der Waals surface area contributed by atoms with Crippen molar-refractivity contribution in [3.8, 4) is 0 Å². The maximum Gasteiger partial charge on any atom is 0.0687 e. The molecule has 1 nitrogen and oxygen atoms in total. The van der Waals surface area contributed by atoms with Crippen LogP contribution in [0.3, 0.4) is 0 Å². The average Bonchev–Trinajstić information content (AvgIpc) is 3.09. The summed E-state index contributed by atoms with van der Waals surface area (Å²) in [6, 6.07) is 8.92. The Morgan fingerprint density at radius 1 is 1.16 bits per heavy atom. The lowest BCUT2D eigenvalue weighted by Gasteiger charge is -2.32. The minimum atomic E-state index is -0.624. The minimum Gasteiger partial charge on any atom is -0.390 e. The Kier molecular flexibility index (Phi) is 3.55. The minimum absolute atomic E-state index is 0.00863. The smallest absolute Gasteiger partial charge is 0.0687 e. The molecule has 0 aliphatic heterocycles. The highest BCUT2D eigenvalue weighted by Crippen LogP contribution is 2.56. The molecule has 0 bridgehead atoms. The van der Waals surface area contributed by atoms with E-state index < -0.39 is 5.60 Å². The molecule has 0 heterocycles. The summed E-state index contributed by atoms with van der Waals surface area (Å²) < 4.78 is 0. The predicted octanol–water partition coefficient (Wildman–Crippen LogP) is 4.57. The molecule has 0 radical (unpaired) electrons. The summed E-state index contributed by atoms with van der Waals surface area (Å²) in [6.45, 7) is 10.8. The first kappa shape index (κ1) is 14.6. The molecule has 19 heavy (non-hydrogen) atoms. The van der Waals surface area contributed by atoms with Gasteiger partial charge in [0.1, 0.15) is 0 Å². The van der Waals surface area contributed by atoms with E-state index in [2.05, 4.69) is 45.0 Å². The molecule has 1 saturated carbocycles. The molecular weight excluding hydrogens is 232 g/mol. The van der Waals surface area contributed by atoms with E-state index in [1.54, 1.807) is 0 Å².